The third-order valence-corrected chi connectivity index (χ3v) is 3.75. The maximum Gasteiger partial charge on any atom is 0.262 e. The summed E-state index contributed by atoms with van der Waals surface area (Å²) in [5.41, 5.74) is 0.911. The molecule has 0 atom stereocenters. The van der Waals surface area contributed by atoms with Gasteiger partial charge in [-0.05, 0) is 18.4 Å². The molecule has 0 saturated heterocycles. The lowest BCUT2D eigenvalue weighted by Gasteiger charge is -2.10. The maximum atomic E-state index is 12.2. The molecule has 1 aliphatic rings. The van der Waals surface area contributed by atoms with E-state index in [0.717, 1.165) is 4.90 Å². The van der Waals surface area contributed by atoms with E-state index in [4.69, 9.17) is 9.68 Å². The van der Waals surface area contributed by atoms with Crippen molar-refractivity contribution in [1.29, 1.82) is 5.26 Å². The minimum Gasteiger partial charge on any atom is -0.431 e. The zero-order chi connectivity index (χ0) is 15.0. The fourth-order valence-electron chi connectivity index (χ4n) is 2.14. The van der Waals surface area contributed by atoms with Gasteiger partial charge in [-0.15, -0.1) is 0 Å². The zero-order valence-corrected chi connectivity index (χ0v) is 11.8. The minimum absolute atomic E-state index is 0.0818. The van der Waals surface area contributed by atoms with Crippen LogP contribution in [-0.2, 0) is 6.54 Å². The van der Waals surface area contributed by atoms with E-state index in [1.165, 1.54) is 11.8 Å². The number of carbonyl (C=O) groups is 2. The molecule has 6 nitrogen and oxygen atoms in total. The van der Waals surface area contributed by atoms with Gasteiger partial charge >= 0.3 is 0 Å². The van der Waals surface area contributed by atoms with Gasteiger partial charge in [-0.2, -0.15) is 10.2 Å². The van der Waals surface area contributed by atoms with Crippen LogP contribution in [0, 0.1) is 11.3 Å². The number of aromatic nitrogens is 1. The number of benzene rings is 1. The number of thioether (sulfide) groups is 1. The second kappa shape index (κ2) is 5.07. The van der Waals surface area contributed by atoms with E-state index in [2.05, 4.69) is 4.98 Å². The molecule has 0 saturated carbocycles. The lowest BCUT2D eigenvalue weighted by atomic mass is 10.1. The first kappa shape index (κ1) is 13.4. The molecule has 2 heterocycles. The molecule has 0 aliphatic carbocycles. The quantitative estimate of drug-likeness (QED) is 0.637. The van der Waals surface area contributed by atoms with Crippen LogP contribution in [0.5, 0.6) is 0 Å². The largest absolute Gasteiger partial charge is 0.431 e. The standard InChI is InChI=1S/C14H9N3O3S/c1-21-14-10(6-15)16-11(20-14)7-17-12(18)8-4-2-3-5-9(8)13(17)19/h2-5H,7H2,1H3. The molecule has 0 fully saturated rings. The fourth-order valence-corrected chi connectivity index (χ4v) is 2.61. The Morgan fingerprint density at radius 3 is 2.38 bits per heavy atom. The summed E-state index contributed by atoms with van der Waals surface area (Å²) in [7, 11) is 0. The van der Waals surface area contributed by atoms with Crippen molar-refractivity contribution >= 4 is 23.6 Å². The number of imide groups is 1. The molecule has 21 heavy (non-hydrogen) atoms. The second-order valence-electron chi connectivity index (χ2n) is 4.30. The van der Waals surface area contributed by atoms with Gasteiger partial charge < -0.3 is 4.42 Å². The molecule has 0 spiro atoms. The summed E-state index contributed by atoms with van der Waals surface area (Å²) in [6.07, 6.45) is 1.76. The first-order valence-electron chi connectivity index (χ1n) is 6.04. The van der Waals surface area contributed by atoms with E-state index in [9.17, 15) is 9.59 Å². The molecule has 2 aromatic rings. The zero-order valence-electron chi connectivity index (χ0n) is 11.0. The number of oxazole rings is 1. The summed E-state index contributed by atoms with van der Waals surface area (Å²) in [5, 5.41) is 9.32. The molecule has 1 aliphatic heterocycles. The number of nitriles is 1. The topological polar surface area (TPSA) is 87.2 Å². The molecule has 104 valence electrons. The summed E-state index contributed by atoms with van der Waals surface area (Å²) >= 11 is 1.25. The van der Waals surface area contributed by atoms with Crippen molar-refractivity contribution < 1.29 is 14.0 Å². The number of rotatable bonds is 3. The van der Waals surface area contributed by atoms with E-state index in [-0.39, 0.29) is 29.9 Å². The van der Waals surface area contributed by atoms with Crippen LogP contribution in [0.25, 0.3) is 0 Å². The number of amides is 2. The molecule has 3 rings (SSSR count). The van der Waals surface area contributed by atoms with Crippen molar-refractivity contribution in [3.05, 3.63) is 47.0 Å². The summed E-state index contributed by atoms with van der Waals surface area (Å²) < 4.78 is 5.40. The third-order valence-electron chi connectivity index (χ3n) is 3.10. The van der Waals surface area contributed by atoms with Gasteiger partial charge in [0.1, 0.15) is 12.6 Å². The average molecular weight is 299 g/mol. The predicted octanol–water partition coefficient (Wildman–Crippen LogP) is 2.06. The Morgan fingerprint density at radius 2 is 1.90 bits per heavy atom. The number of hydrogen-bond donors (Lipinski definition) is 0. The smallest absolute Gasteiger partial charge is 0.262 e. The van der Waals surface area contributed by atoms with Crippen LogP contribution in [0.4, 0.5) is 0 Å². The normalized spacial score (nSPS) is 13.4. The minimum atomic E-state index is -0.377. The number of hydrogen-bond acceptors (Lipinski definition) is 6. The monoisotopic (exact) mass is 299 g/mol. The third kappa shape index (κ3) is 2.10. The number of carbonyl (C=O) groups excluding carboxylic acids is 2. The molecule has 1 aromatic heterocycles. The highest BCUT2D eigenvalue weighted by Crippen LogP contribution is 2.26. The van der Waals surface area contributed by atoms with Gasteiger partial charge in [0.2, 0.25) is 5.89 Å². The molecule has 1 aromatic carbocycles. The van der Waals surface area contributed by atoms with Crippen LogP contribution < -0.4 is 0 Å². The van der Waals surface area contributed by atoms with Crippen LogP contribution in [0.15, 0.2) is 33.8 Å². The van der Waals surface area contributed by atoms with Crippen molar-refractivity contribution in [2.45, 2.75) is 11.6 Å². The Labute approximate surface area is 124 Å². The predicted molar refractivity (Wildman–Crippen MR) is 73.6 cm³/mol. The van der Waals surface area contributed by atoms with Crippen LogP contribution in [-0.4, -0.2) is 28.0 Å². The molecule has 0 N–H and O–H groups in total. The number of nitrogens with zero attached hydrogens (tertiary/aromatic N) is 3. The Kier molecular flexibility index (Phi) is 3.23. The molecule has 0 radical (unpaired) electrons. The maximum absolute atomic E-state index is 12.2. The second-order valence-corrected chi connectivity index (χ2v) is 5.08. The van der Waals surface area contributed by atoms with Crippen LogP contribution in [0.1, 0.15) is 32.3 Å². The van der Waals surface area contributed by atoms with Gasteiger partial charge in [-0.25, -0.2) is 0 Å². The van der Waals surface area contributed by atoms with Crippen molar-refractivity contribution in [3.63, 3.8) is 0 Å². The van der Waals surface area contributed by atoms with Crippen molar-refractivity contribution in [3.8, 4) is 6.07 Å². The number of fused-ring (bicyclic) bond motifs is 1. The highest BCUT2D eigenvalue weighted by Gasteiger charge is 2.36. The molecule has 7 heteroatoms. The lowest BCUT2D eigenvalue weighted by Crippen LogP contribution is -2.29. The van der Waals surface area contributed by atoms with E-state index in [1.807, 2.05) is 6.07 Å². The van der Waals surface area contributed by atoms with Gasteiger partial charge in [-0.3, -0.25) is 14.5 Å². The molecule has 0 bridgehead atoms. The molecule has 2 amide bonds. The molecule has 0 unspecified atom stereocenters. The first-order chi connectivity index (χ1) is 10.2. The van der Waals surface area contributed by atoms with Gasteiger partial charge in [0, 0.05) is 0 Å². The van der Waals surface area contributed by atoms with E-state index in [0.29, 0.717) is 16.2 Å². The van der Waals surface area contributed by atoms with Crippen LogP contribution >= 0.6 is 11.8 Å². The summed E-state index contributed by atoms with van der Waals surface area (Å²) in [4.78, 5) is 29.5. The molecular formula is C14H9N3O3S. The Morgan fingerprint density at radius 1 is 1.29 bits per heavy atom. The molecular weight excluding hydrogens is 290 g/mol. The fraction of sp³-hybridized carbons (Fsp3) is 0.143. The summed E-state index contributed by atoms with van der Waals surface area (Å²) in [6.45, 7) is -0.0818. The average Bonchev–Trinajstić information content (AvgIpc) is 3.02. The van der Waals surface area contributed by atoms with Crippen LogP contribution in [0.2, 0.25) is 0 Å². The van der Waals surface area contributed by atoms with E-state index < -0.39 is 0 Å². The highest BCUT2D eigenvalue weighted by molar-refractivity contribution is 7.98. The van der Waals surface area contributed by atoms with Crippen molar-refractivity contribution in [2.24, 2.45) is 0 Å². The lowest BCUT2D eigenvalue weighted by molar-refractivity contribution is 0.0627. The van der Waals surface area contributed by atoms with Crippen molar-refractivity contribution in [1.82, 2.24) is 9.88 Å². The Hall–Kier alpha value is -2.59. The summed E-state index contributed by atoms with van der Waals surface area (Å²) in [5.74, 6) is -0.582. The van der Waals surface area contributed by atoms with Crippen LogP contribution in [0.3, 0.4) is 0 Å². The van der Waals surface area contributed by atoms with Gasteiger partial charge in [-0.1, -0.05) is 23.9 Å². The van der Waals surface area contributed by atoms with Gasteiger partial charge in [0.05, 0.1) is 11.1 Å². The van der Waals surface area contributed by atoms with Crippen molar-refractivity contribution in [2.75, 3.05) is 6.26 Å². The van der Waals surface area contributed by atoms with E-state index in [1.54, 1.807) is 30.5 Å². The first-order valence-corrected chi connectivity index (χ1v) is 7.27. The summed E-state index contributed by atoms with van der Waals surface area (Å²) in [6, 6.07) is 8.55. The Balaban J connectivity index is 1.91. The highest BCUT2D eigenvalue weighted by atomic mass is 32.2. The van der Waals surface area contributed by atoms with Gasteiger partial charge in [0.25, 0.3) is 11.8 Å². The Bertz CT molecular complexity index is 756. The van der Waals surface area contributed by atoms with E-state index >= 15 is 0 Å². The van der Waals surface area contributed by atoms with Gasteiger partial charge in [0.15, 0.2) is 10.8 Å². The SMILES string of the molecule is CSc1oc(CN2C(=O)c3ccccc3C2=O)nc1C#N.